The Labute approximate surface area is 165 Å². The van der Waals surface area contributed by atoms with Crippen molar-refractivity contribution in [3.05, 3.63) is 35.9 Å². The van der Waals surface area contributed by atoms with Gasteiger partial charge in [0.15, 0.2) is 0 Å². The van der Waals surface area contributed by atoms with E-state index in [0.717, 1.165) is 37.5 Å². The molecule has 3 nitrogen and oxygen atoms in total. The number of nitrogens with zero attached hydrogens (tertiary/aromatic N) is 1. The number of hydrogen-bond donors (Lipinski definition) is 1. The number of benzene rings is 1. The minimum atomic E-state index is -0.398. The van der Waals surface area contributed by atoms with E-state index in [0.29, 0.717) is 18.6 Å². The van der Waals surface area contributed by atoms with Crippen LogP contribution in [0.1, 0.15) is 57.4 Å². The van der Waals surface area contributed by atoms with Crippen molar-refractivity contribution in [3.63, 3.8) is 0 Å². The molecule has 4 saturated carbocycles. The molecule has 1 N–H and O–H groups in total. The molecule has 0 spiro atoms. The Morgan fingerprint density at radius 1 is 1.07 bits per heavy atom. The van der Waals surface area contributed by atoms with E-state index in [4.69, 9.17) is 4.74 Å². The van der Waals surface area contributed by atoms with Gasteiger partial charge in [0.2, 0.25) is 0 Å². The van der Waals surface area contributed by atoms with Crippen LogP contribution in [-0.2, 0) is 11.3 Å². The van der Waals surface area contributed by atoms with Crippen LogP contribution in [0.4, 0.5) is 0 Å². The van der Waals surface area contributed by atoms with Crippen molar-refractivity contribution in [1.29, 1.82) is 0 Å². The maximum atomic E-state index is 10.4. The molecule has 0 saturated heterocycles. The lowest BCUT2D eigenvalue weighted by Gasteiger charge is -2.57. The number of aliphatic hydroxyl groups excluding tert-OH is 1. The van der Waals surface area contributed by atoms with Crippen LogP contribution >= 0.6 is 0 Å². The van der Waals surface area contributed by atoms with Crippen LogP contribution < -0.4 is 0 Å². The van der Waals surface area contributed by atoms with Gasteiger partial charge < -0.3 is 9.84 Å². The van der Waals surface area contributed by atoms with Crippen LogP contribution in [0.3, 0.4) is 0 Å². The molecule has 0 aliphatic heterocycles. The smallest absolute Gasteiger partial charge is 0.0900 e. The summed E-state index contributed by atoms with van der Waals surface area (Å²) in [4.78, 5) is 2.29. The first-order chi connectivity index (χ1) is 13.1. The highest BCUT2D eigenvalue weighted by atomic mass is 16.5. The molecule has 1 atom stereocenters. The molecule has 4 bridgehead atoms. The third-order valence-electron chi connectivity index (χ3n) is 7.42. The molecule has 150 valence electrons. The van der Waals surface area contributed by atoms with Crippen molar-refractivity contribution in [2.45, 2.75) is 64.5 Å². The molecule has 4 aliphatic rings. The van der Waals surface area contributed by atoms with Crippen molar-refractivity contribution in [3.8, 4) is 0 Å². The van der Waals surface area contributed by atoms with Crippen molar-refractivity contribution in [2.75, 3.05) is 26.3 Å². The highest BCUT2D eigenvalue weighted by molar-refractivity contribution is 5.14. The first-order valence-corrected chi connectivity index (χ1v) is 11.2. The summed E-state index contributed by atoms with van der Waals surface area (Å²) in [7, 11) is 0. The number of likely N-dealkylation sites (N-methyl/N-ethyl adjacent to an activating group) is 1. The molecule has 0 unspecified atom stereocenters. The van der Waals surface area contributed by atoms with Crippen LogP contribution in [0.2, 0.25) is 0 Å². The summed E-state index contributed by atoms with van der Waals surface area (Å²) in [5.74, 6) is 3.04. The van der Waals surface area contributed by atoms with E-state index in [1.165, 1.54) is 50.5 Å². The Kier molecular flexibility index (Phi) is 6.21. The fourth-order valence-electron chi connectivity index (χ4n) is 6.60. The summed E-state index contributed by atoms with van der Waals surface area (Å²) in [5, 5.41) is 10.4. The average Bonchev–Trinajstić information content (AvgIpc) is 2.64. The van der Waals surface area contributed by atoms with Crippen LogP contribution in [0, 0.1) is 23.2 Å². The maximum absolute atomic E-state index is 10.4. The summed E-state index contributed by atoms with van der Waals surface area (Å²) in [6.07, 6.45) is 9.69. The highest BCUT2D eigenvalue weighted by Gasteiger charge is 2.50. The van der Waals surface area contributed by atoms with Crippen molar-refractivity contribution in [1.82, 2.24) is 4.90 Å². The summed E-state index contributed by atoms with van der Waals surface area (Å²) in [6.45, 7) is 5.97. The third-order valence-corrected chi connectivity index (χ3v) is 7.42. The van der Waals surface area contributed by atoms with Gasteiger partial charge in [-0.15, -0.1) is 0 Å². The molecule has 0 aromatic heterocycles. The first-order valence-electron chi connectivity index (χ1n) is 11.2. The van der Waals surface area contributed by atoms with E-state index in [2.05, 4.69) is 36.1 Å². The molecular weight excluding hydrogens is 334 g/mol. The Hall–Kier alpha value is -0.900. The Morgan fingerprint density at radius 3 is 2.30 bits per heavy atom. The van der Waals surface area contributed by atoms with Gasteiger partial charge in [0, 0.05) is 19.7 Å². The van der Waals surface area contributed by atoms with E-state index in [9.17, 15) is 5.11 Å². The normalized spacial score (nSPS) is 32.9. The van der Waals surface area contributed by atoms with Crippen molar-refractivity contribution in [2.24, 2.45) is 23.2 Å². The third kappa shape index (κ3) is 4.93. The molecule has 27 heavy (non-hydrogen) atoms. The van der Waals surface area contributed by atoms with Gasteiger partial charge in [0.1, 0.15) is 0 Å². The van der Waals surface area contributed by atoms with E-state index in [1.807, 2.05) is 6.07 Å². The zero-order valence-electron chi connectivity index (χ0n) is 17.0. The number of ether oxygens (including phenoxy) is 1. The van der Waals surface area contributed by atoms with Crippen LogP contribution in [0.5, 0.6) is 0 Å². The van der Waals surface area contributed by atoms with Gasteiger partial charge >= 0.3 is 0 Å². The minimum absolute atomic E-state index is 0.398. The van der Waals surface area contributed by atoms with Crippen molar-refractivity contribution >= 4 is 0 Å². The number of aliphatic hydroxyl groups is 1. The molecule has 4 aliphatic carbocycles. The monoisotopic (exact) mass is 371 g/mol. The molecule has 0 heterocycles. The lowest BCUT2D eigenvalue weighted by Crippen LogP contribution is -2.46. The van der Waals surface area contributed by atoms with Gasteiger partial charge in [-0.3, -0.25) is 4.90 Å². The average molecular weight is 372 g/mol. The minimum Gasteiger partial charge on any atom is -0.389 e. The van der Waals surface area contributed by atoms with Gasteiger partial charge in [-0.25, -0.2) is 0 Å². The quantitative estimate of drug-likeness (QED) is 0.615. The Bertz CT molecular complexity index is 552. The van der Waals surface area contributed by atoms with Gasteiger partial charge in [0.25, 0.3) is 0 Å². The largest absolute Gasteiger partial charge is 0.389 e. The molecule has 0 radical (unpaired) electrons. The highest BCUT2D eigenvalue weighted by Crippen LogP contribution is 2.61. The van der Waals surface area contributed by atoms with E-state index in [-0.39, 0.29) is 0 Å². The molecule has 5 rings (SSSR count). The molecule has 1 aromatic carbocycles. The van der Waals surface area contributed by atoms with E-state index < -0.39 is 6.10 Å². The van der Waals surface area contributed by atoms with Gasteiger partial charge in [-0.1, -0.05) is 37.3 Å². The molecule has 0 amide bonds. The lowest BCUT2D eigenvalue weighted by atomic mass is 9.49. The van der Waals surface area contributed by atoms with Crippen LogP contribution in [-0.4, -0.2) is 42.4 Å². The summed E-state index contributed by atoms with van der Waals surface area (Å²) < 4.78 is 5.95. The predicted octanol–water partition coefficient (Wildman–Crippen LogP) is 4.49. The van der Waals surface area contributed by atoms with Crippen molar-refractivity contribution < 1.29 is 9.84 Å². The number of hydrogen-bond acceptors (Lipinski definition) is 3. The second kappa shape index (κ2) is 8.63. The second-order valence-electron chi connectivity index (χ2n) is 9.71. The summed E-state index contributed by atoms with van der Waals surface area (Å²) >= 11 is 0. The molecular formula is C24H37NO2. The lowest BCUT2D eigenvalue weighted by molar-refractivity contribution is -0.0741. The van der Waals surface area contributed by atoms with Gasteiger partial charge in [-0.2, -0.15) is 0 Å². The first kappa shape index (κ1) is 19.4. The zero-order chi connectivity index (χ0) is 18.7. The van der Waals surface area contributed by atoms with E-state index in [1.54, 1.807) is 0 Å². The Balaban J connectivity index is 1.17. The van der Waals surface area contributed by atoms with Gasteiger partial charge in [0.05, 0.1) is 12.7 Å². The predicted molar refractivity (Wildman–Crippen MR) is 109 cm³/mol. The topological polar surface area (TPSA) is 32.7 Å². The maximum Gasteiger partial charge on any atom is 0.0900 e. The van der Waals surface area contributed by atoms with Gasteiger partial charge in [-0.05, 0) is 80.2 Å². The summed E-state index contributed by atoms with van der Waals surface area (Å²) in [6, 6.07) is 10.5. The van der Waals surface area contributed by atoms with E-state index >= 15 is 0 Å². The fraction of sp³-hybridized carbons (Fsp3) is 0.750. The SMILES string of the molecule is CCN(Cc1ccccc1)C[C@H](O)COCCC12CC3CC(CC(C3)C1)C2. The van der Waals surface area contributed by atoms with Crippen LogP contribution in [0.15, 0.2) is 30.3 Å². The second-order valence-corrected chi connectivity index (χ2v) is 9.71. The summed E-state index contributed by atoms with van der Waals surface area (Å²) in [5.41, 5.74) is 1.89. The number of rotatable bonds is 10. The molecule has 4 fully saturated rings. The standard InChI is InChI=1S/C24H37NO2/c1-2-25(16-19-6-4-3-5-7-19)17-23(26)18-27-9-8-24-13-20-10-21(14-24)12-22(11-20)15-24/h3-7,20-23,26H,2,8-18H2,1H3/t20?,21?,22?,23-,24?/m0/s1. The zero-order valence-corrected chi connectivity index (χ0v) is 17.0. The Morgan fingerprint density at radius 2 is 1.70 bits per heavy atom. The fourth-order valence-corrected chi connectivity index (χ4v) is 6.60. The molecule has 1 aromatic rings. The van der Waals surface area contributed by atoms with Crippen LogP contribution in [0.25, 0.3) is 0 Å². The molecule has 3 heteroatoms.